The third kappa shape index (κ3) is 8.92. The van der Waals surface area contributed by atoms with Crippen molar-refractivity contribution in [3.63, 3.8) is 0 Å². The van der Waals surface area contributed by atoms with Crippen LogP contribution in [0.5, 0.6) is 0 Å². The lowest BCUT2D eigenvalue weighted by Gasteiger charge is -2.19. The summed E-state index contributed by atoms with van der Waals surface area (Å²) >= 11 is 0. The highest BCUT2D eigenvalue weighted by Crippen LogP contribution is 2.11. The molecule has 0 saturated heterocycles. The van der Waals surface area contributed by atoms with Crippen molar-refractivity contribution in [3.05, 3.63) is 35.9 Å². The standard InChI is InChI=1S/C20H35N3O/c1-4-9-19(14-15-24)16-22-20(21-5-2)23-17(3)12-13-18-10-7-6-8-11-18/h6-8,10-11,17,19,24H,4-5,9,12-16H2,1-3H3,(H2,21,22,23). The number of aliphatic hydroxyl groups is 1. The Hall–Kier alpha value is -1.55. The van der Waals surface area contributed by atoms with Gasteiger partial charge < -0.3 is 15.7 Å². The van der Waals surface area contributed by atoms with Crippen molar-refractivity contribution in [3.8, 4) is 0 Å². The molecule has 2 atom stereocenters. The van der Waals surface area contributed by atoms with Gasteiger partial charge in [0.05, 0.1) is 0 Å². The summed E-state index contributed by atoms with van der Waals surface area (Å²) < 4.78 is 0. The first kappa shape index (κ1) is 20.5. The van der Waals surface area contributed by atoms with Crippen molar-refractivity contribution < 1.29 is 5.11 Å². The first-order valence-corrected chi connectivity index (χ1v) is 9.39. The molecule has 0 saturated carbocycles. The van der Waals surface area contributed by atoms with Crippen molar-refractivity contribution in [2.75, 3.05) is 19.7 Å². The highest BCUT2D eigenvalue weighted by Gasteiger charge is 2.09. The molecule has 0 aliphatic carbocycles. The van der Waals surface area contributed by atoms with E-state index >= 15 is 0 Å². The van der Waals surface area contributed by atoms with Crippen LogP contribution < -0.4 is 10.6 Å². The Morgan fingerprint density at radius 3 is 2.50 bits per heavy atom. The number of rotatable bonds is 11. The van der Waals surface area contributed by atoms with Gasteiger partial charge in [0.15, 0.2) is 5.96 Å². The number of nitrogens with zero attached hydrogens (tertiary/aromatic N) is 1. The summed E-state index contributed by atoms with van der Waals surface area (Å²) in [5, 5.41) is 16.0. The van der Waals surface area contributed by atoms with E-state index in [1.54, 1.807) is 0 Å². The van der Waals surface area contributed by atoms with E-state index in [-0.39, 0.29) is 6.61 Å². The molecule has 1 aromatic rings. The molecule has 0 amide bonds. The predicted molar refractivity (Wildman–Crippen MR) is 103 cm³/mol. The Morgan fingerprint density at radius 1 is 1.12 bits per heavy atom. The molecule has 24 heavy (non-hydrogen) atoms. The first-order chi connectivity index (χ1) is 11.7. The van der Waals surface area contributed by atoms with Gasteiger partial charge in [-0.2, -0.15) is 0 Å². The minimum Gasteiger partial charge on any atom is -0.396 e. The zero-order chi connectivity index (χ0) is 17.6. The minimum atomic E-state index is 0.248. The minimum absolute atomic E-state index is 0.248. The SMILES string of the molecule is CCCC(CCO)CN=C(NCC)NC(C)CCc1ccccc1. The second-order valence-electron chi connectivity index (χ2n) is 6.46. The predicted octanol–water partition coefficient (Wildman–Crippen LogP) is 3.36. The number of guanidine groups is 1. The number of aliphatic hydroxyl groups excluding tert-OH is 1. The molecule has 0 bridgehead atoms. The molecule has 0 aromatic heterocycles. The first-order valence-electron chi connectivity index (χ1n) is 9.39. The monoisotopic (exact) mass is 333 g/mol. The zero-order valence-corrected chi connectivity index (χ0v) is 15.6. The van der Waals surface area contributed by atoms with Crippen molar-refractivity contribution in [2.24, 2.45) is 10.9 Å². The number of hydrogen-bond donors (Lipinski definition) is 3. The summed E-state index contributed by atoms with van der Waals surface area (Å²) in [4.78, 5) is 4.73. The third-order valence-corrected chi connectivity index (χ3v) is 4.18. The second kappa shape index (κ2) is 12.8. The molecule has 0 radical (unpaired) electrons. The van der Waals surface area contributed by atoms with E-state index < -0.39 is 0 Å². The average Bonchev–Trinajstić information content (AvgIpc) is 2.59. The summed E-state index contributed by atoms with van der Waals surface area (Å²) in [7, 11) is 0. The molecule has 0 fully saturated rings. The molecule has 0 aliphatic rings. The van der Waals surface area contributed by atoms with Crippen LogP contribution >= 0.6 is 0 Å². The number of benzene rings is 1. The number of aliphatic imine (C=N–C) groups is 1. The Morgan fingerprint density at radius 2 is 1.88 bits per heavy atom. The summed E-state index contributed by atoms with van der Waals surface area (Å²) in [6.07, 6.45) is 5.23. The largest absolute Gasteiger partial charge is 0.396 e. The van der Waals surface area contributed by atoms with E-state index in [9.17, 15) is 5.11 Å². The lowest BCUT2D eigenvalue weighted by atomic mass is 10.0. The van der Waals surface area contributed by atoms with Crippen LogP contribution in [0.3, 0.4) is 0 Å². The molecular weight excluding hydrogens is 298 g/mol. The normalized spacial score (nSPS) is 14.2. The van der Waals surface area contributed by atoms with Gasteiger partial charge >= 0.3 is 0 Å². The molecule has 1 aromatic carbocycles. The third-order valence-electron chi connectivity index (χ3n) is 4.18. The van der Waals surface area contributed by atoms with Gasteiger partial charge in [-0.3, -0.25) is 4.99 Å². The van der Waals surface area contributed by atoms with Crippen LogP contribution in [0.4, 0.5) is 0 Å². The topological polar surface area (TPSA) is 56.7 Å². The quantitative estimate of drug-likeness (QED) is 0.430. The number of nitrogens with one attached hydrogen (secondary N) is 2. The summed E-state index contributed by atoms with van der Waals surface area (Å²) in [6, 6.07) is 11.0. The van der Waals surface area contributed by atoms with Gasteiger partial charge in [0.25, 0.3) is 0 Å². The van der Waals surface area contributed by atoms with Gasteiger partial charge in [0, 0.05) is 25.7 Å². The highest BCUT2D eigenvalue weighted by atomic mass is 16.3. The van der Waals surface area contributed by atoms with Crippen LogP contribution in [0, 0.1) is 5.92 Å². The second-order valence-corrected chi connectivity index (χ2v) is 6.46. The molecule has 4 nitrogen and oxygen atoms in total. The summed E-state index contributed by atoms with van der Waals surface area (Å²) in [5.41, 5.74) is 1.37. The van der Waals surface area contributed by atoms with E-state index in [1.165, 1.54) is 5.56 Å². The number of hydrogen-bond acceptors (Lipinski definition) is 2. The van der Waals surface area contributed by atoms with Crippen molar-refractivity contribution >= 4 is 5.96 Å². The molecular formula is C20H35N3O. The molecule has 136 valence electrons. The van der Waals surface area contributed by atoms with Crippen molar-refractivity contribution in [1.29, 1.82) is 0 Å². The lowest BCUT2D eigenvalue weighted by molar-refractivity contribution is 0.253. The van der Waals surface area contributed by atoms with Crippen LogP contribution in [0.25, 0.3) is 0 Å². The fourth-order valence-electron chi connectivity index (χ4n) is 2.79. The van der Waals surface area contributed by atoms with E-state index in [1.807, 2.05) is 0 Å². The molecule has 3 N–H and O–H groups in total. The van der Waals surface area contributed by atoms with E-state index in [0.29, 0.717) is 12.0 Å². The zero-order valence-electron chi connectivity index (χ0n) is 15.6. The fraction of sp³-hybridized carbons (Fsp3) is 0.650. The van der Waals surface area contributed by atoms with Gasteiger partial charge in [0.2, 0.25) is 0 Å². The highest BCUT2D eigenvalue weighted by molar-refractivity contribution is 5.80. The van der Waals surface area contributed by atoms with Crippen LogP contribution in [0.15, 0.2) is 35.3 Å². The number of aryl methyl sites for hydroxylation is 1. The molecule has 0 spiro atoms. The van der Waals surface area contributed by atoms with Gasteiger partial charge in [-0.1, -0.05) is 43.7 Å². The Balaban J connectivity index is 2.48. The fourth-order valence-corrected chi connectivity index (χ4v) is 2.79. The van der Waals surface area contributed by atoms with Crippen LogP contribution in [-0.2, 0) is 6.42 Å². The molecule has 2 unspecified atom stereocenters. The maximum Gasteiger partial charge on any atom is 0.191 e. The molecule has 1 rings (SSSR count). The molecule has 0 aliphatic heterocycles. The van der Waals surface area contributed by atoms with E-state index in [2.05, 4.69) is 61.7 Å². The Bertz CT molecular complexity index is 441. The van der Waals surface area contributed by atoms with Gasteiger partial charge in [-0.15, -0.1) is 0 Å². The maximum absolute atomic E-state index is 9.18. The summed E-state index contributed by atoms with van der Waals surface area (Å²) in [6.45, 7) is 8.35. The van der Waals surface area contributed by atoms with Crippen LogP contribution in [0.2, 0.25) is 0 Å². The average molecular weight is 334 g/mol. The Kier molecular flexibility index (Phi) is 10.9. The van der Waals surface area contributed by atoms with Gasteiger partial charge in [0.1, 0.15) is 0 Å². The lowest BCUT2D eigenvalue weighted by Crippen LogP contribution is -2.42. The molecule has 0 heterocycles. The van der Waals surface area contributed by atoms with Crippen LogP contribution in [-0.4, -0.2) is 36.8 Å². The smallest absolute Gasteiger partial charge is 0.191 e. The van der Waals surface area contributed by atoms with Gasteiger partial charge in [-0.05, 0) is 51.0 Å². The summed E-state index contributed by atoms with van der Waals surface area (Å²) in [5.74, 6) is 1.35. The van der Waals surface area contributed by atoms with Gasteiger partial charge in [-0.25, -0.2) is 0 Å². The van der Waals surface area contributed by atoms with Crippen molar-refractivity contribution in [2.45, 2.75) is 58.9 Å². The maximum atomic E-state index is 9.18. The van der Waals surface area contributed by atoms with E-state index in [4.69, 9.17) is 4.99 Å². The Labute approximate surface area is 147 Å². The van der Waals surface area contributed by atoms with Crippen LogP contribution in [0.1, 0.15) is 52.0 Å². The molecule has 4 heteroatoms. The van der Waals surface area contributed by atoms with Crippen molar-refractivity contribution in [1.82, 2.24) is 10.6 Å². The van der Waals surface area contributed by atoms with E-state index in [0.717, 1.165) is 51.2 Å².